The topological polar surface area (TPSA) is 99.9 Å². The number of aliphatic hydroxyl groups is 1. The average molecular weight is 386 g/mol. The summed E-state index contributed by atoms with van der Waals surface area (Å²) < 4.78 is 5.14. The largest absolute Gasteiger partial charge is 0.465 e. The molecule has 0 saturated carbocycles. The maximum atomic E-state index is 12.4. The van der Waals surface area contributed by atoms with E-state index in [0.29, 0.717) is 12.2 Å². The molecule has 3 rings (SSSR count). The number of carbonyl (C=O) groups excluding carboxylic acids is 3. The van der Waals surface area contributed by atoms with Crippen molar-refractivity contribution in [3.63, 3.8) is 0 Å². The van der Waals surface area contributed by atoms with E-state index in [1.807, 2.05) is 30.3 Å². The monoisotopic (exact) mass is 386 g/mol. The third-order valence-electron chi connectivity index (χ3n) is 3.90. The minimum atomic E-state index is -0.542. The molecular weight excluding hydrogens is 368 g/mol. The van der Waals surface area contributed by atoms with Crippen LogP contribution in [0.3, 0.4) is 0 Å². The Morgan fingerprint density at radius 1 is 1.22 bits per heavy atom. The van der Waals surface area contributed by atoms with Crippen molar-refractivity contribution in [3.05, 3.63) is 65.0 Å². The second-order valence-corrected chi connectivity index (χ2v) is 6.91. The predicted molar refractivity (Wildman–Crippen MR) is 101 cm³/mol. The summed E-state index contributed by atoms with van der Waals surface area (Å²) >= 11 is 0.758. The Labute approximate surface area is 160 Å². The summed E-state index contributed by atoms with van der Waals surface area (Å²) in [6.45, 7) is -0.646. The molecule has 0 bridgehead atoms. The Morgan fingerprint density at radius 3 is 2.67 bits per heavy atom. The van der Waals surface area contributed by atoms with Crippen molar-refractivity contribution in [1.29, 1.82) is 0 Å². The van der Waals surface area contributed by atoms with Gasteiger partial charge in [-0.2, -0.15) is 0 Å². The maximum absolute atomic E-state index is 12.4. The zero-order valence-corrected chi connectivity index (χ0v) is 15.1. The van der Waals surface area contributed by atoms with Gasteiger partial charge in [0, 0.05) is 6.08 Å². The first-order valence-corrected chi connectivity index (χ1v) is 9.11. The summed E-state index contributed by atoms with van der Waals surface area (Å²) in [6, 6.07) is 12.2. The van der Waals surface area contributed by atoms with Crippen LogP contribution in [0.2, 0.25) is 0 Å². The number of amides is 3. The fourth-order valence-corrected chi connectivity index (χ4v) is 3.43. The van der Waals surface area contributed by atoms with Crippen molar-refractivity contribution in [2.45, 2.75) is 12.5 Å². The van der Waals surface area contributed by atoms with Crippen molar-refractivity contribution < 1.29 is 23.9 Å². The highest BCUT2D eigenvalue weighted by molar-refractivity contribution is 8.18. The number of carbonyl (C=O) groups is 3. The van der Waals surface area contributed by atoms with Gasteiger partial charge in [-0.05, 0) is 35.9 Å². The number of rotatable bonds is 7. The van der Waals surface area contributed by atoms with Crippen LogP contribution < -0.4 is 5.32 Å². The molecule has 1 aliphatic rings. The van der Waals surface area contributed by atoms with Crippen LogP contribution in [0, 0.1) is 0 Å². The third kappa shape index (κ3) is 4.87. The second-order valence-electron chi connectivity index (χ2n) is 5.92. The molecule has 2 N–H and O–H groups in total. The van der Waals surface area contributed by atoms with E-state index in [0.717, 1.165) is 22.2 Å². The van der Waals surface area contributed by atoms with Crippen molar-refractivity contribution in [3.8, 4) is 0 Å². The summed E-state index contributed by atoms with van der Waals surface area (Å²) in [7, 11) is 0. The average Bonchev–Trinajstić information content (AvgIpc) is 3.26. The van der Waals surface area contributed by atoms with Gasteiger partial charge in [-0.3, -0.25) is 19.3 Å². The zero-order chi connectivity index (χ0) is 19.2. The molecule has 3 amide bonds. The molecule has 8 heteroatoms. The predicted octanol–water partition coefficient (Wildman–Crippen LogP) is 2.04. The lowest BCUT2D eigenvalue weighted by atomic mass is 10.1. The zero-order valence-electron chi connectivity index (χ0n) is 14.3. The molecule has 27 heavy (non-hydrogen) atoms. The van der Waals surface area contributed by atoms with Gasteiger partial charge in [0.2, 0.25) is 5.91 Å². The van der Waals surface area contributed by atoms with Gasteiger partial charge in [0.15, 0.2) is 0 Å². The highest BCUT2D eigenvalue weighted by Gasteiger charge is 2.36. The molecule has 1 saturated heterocycles. The standard InChI is InChI=1S/C19H18N2O5S/c22-12-14(9-13-5-2-1-3-6-13)20-17(23)11-21-18(24)16(27-19(21)25)10-15-7-4-8-26-15/h1-8,10,14,22H,9,11-12H2,(H,20,23). The first-order valence-electron chi connectivity index (χ1n) is 8.30. The molecule has 0 radical (unpaired) electrons. The van der Waals surface area contributed by atoms with E-state index in [1.54, 1.807) is 12.1 Å². The molecule has 140 valence electrons. The molecule has 1 aliphatic heterocycles. The first-order chi connectivity index (χ1) is 13.1. The van der Waals surface area contributed by atoms with Gasteiger partial charge in [0.1, 0.15) is 12.3 Å². The summed E-state index contributed by atoms with van der Waals surface area (Å²) in [5.74, 6) is -0.597. The number of hydrogen-bond donors (Lipinski definition) is 2. The van der Waals surface area contributed by atoms with Gasteiger partial charge in [-0.1, -0.05) is 30.3 Å². The number of nitrogens with one attached hydrogen (secondary N) is 1. The van der Waals surface area contributed by atoms with Crippen molar-refractivity contribution >= 4 is 34.9 Å². The van der Waals surface area contributed by atoms with E-state index in [1.165, 1.54) is 12.3 Å². The SMILES string of the molecule is O=C(CN1C(=O)SC(=Cc2ccco2)C1=O)NC(CO)Cc1ccccc1. The first kappa shape index (κ1) is 18.9. The number of benzene rings is 1. The van der Waals surface area contributed by atoms with Gasteiger partial charge in [-0.15, -0.1) is 0 Å². The van der Waals surface area contributed by atoms with Crippen molar-refractivity contribution in [2.75, 3.05) is 13.2 Å². The van der Waals surface area contributed by atoms with Crippen LogP contribution in [0.4, 0.5) is 4.79 Å². The lowest BCUT2D eigenvalue weighted by molar-refractivity contribution is -0.129. The Bertz CT molecular complexity index is 848. The van der Waals surface area contributed by atoms with E-state index >= 15 is 0 Å². The van der Waals surface area contributed by atoms with Gasteiger partial charge in [-0.25, -0.2) is 0 Å². The molecule has 1 unspecified atom stereocenters. The van der Waals surface area contributed by atoms with Crippen molar-refractivity contribution in [2.24, 2.45) is 0 Å². The summed E-state index contributed by atoms with van der Waals surface area (Å²) in [5.41, 5.74) is 0.962. The molecule has 1 fully saturated rings. The van der Waals surface area contributed by atoms with Crippen LogP contribution in [0.15, 0.2) is 58.1 Å². The van der Waals surface area contributed by atoms with E-state index in [2.05, 4.69) is 5.32 Å². The molecule has 1 atom stereocenters. The summed E-state index contributed by atoms with van der Waals surface area (Å²) in [5, 5.41) is 11.6. The highest BCUT2D eigenvalue weighted by Crippen LogP contribution is 2.31. The summed E-state index contributed by atoms with van der Waals surface area (Å²) in [6.07, 6.45) is 3.38. The van der Waals surface area contributed by atoms with Crippen LogP contribution in [0.25, 0.3) is 6.08 Å². The minimum absolute atomic E-state index is 0.200. The Morgan fingerprint density at radius 2 is 2.00 bits per heavy atom. The fourth-order valence-electron chi connectivity index (χ4n) is 2.62. The molecule has 0 spiro atoms. The smallest absolute Gasteiger partial charge is 0.294 e. The highest BCUT2D eigenvalue weighted by atomic mass is 32.2. The van der Waals surface area contributed by atoms with Crippen LogP contribution in [0.5, 0.6) is 0 Å². The quantitative estimate of drug-likeness (QED) is 0.707. The van der Waals surface area contributed by atoms with Gasteiger partial charge >= 0.3 is 0 Å². The van der Waals surface area contributed by atoms with E-state index in [4.69, 9.17) is 4.42 Å². The number of imide groups is 1. The Kier molecular flexibility index (Phi) is 6.10. The van der Waals surface area contributed by atoms with E-state index in [9.17, 15) is 19.5 Å². The van der Waals surface area contributed by atoms with Crippen LogP contribution >= 0.6 is 11.8 Å². The molecular formula is C19H18N2O5S. The van der Waals surface area contributed by atoms with Crippen LogP contribution in [-0.2, 0) is 16.0 Å². The van der Waals surface area contributed by atoms with Crippen LogP contribution in [-0.4, -0.2) is 46.3 Å². The molecule has 0 aliphatic carbocycles. The van der Waals surface area contributed by atoms with Crippen molar-refractivity contribution in [1.82, 2.24) is 10.2 Å². The number of thioether (sulfide) groups is 1. The lowest BCUT2D eigenvalue weighted by Gasteiger charge is -2.18. The molecule has 2 heterocycles. The number of nitrogens with zero attached hydrogens (tertiary/aromatic N) is 1. The normalized spacial score (nSPS) is 16.8. The summed E-state index contributed by atoms with van der Waals surface area (Å²) in [4.78, 5) is 37.8. The number of furan rings is 1. The maximum Gasteiger partial charge on any atom is 0.294 e. The second kappa shape index (κ2) is 8.70. The van der Waals surface area contributed by atoms with E-state index < -0.39 is 29.6 Å². The Hall–Kier alpha value is -2.84. The van der Waals surface area contributed by atoms with E-state index in [-0.39, 0.29) is 11.5 Å². The number of hydrogen-bond acceptors (Lipinski definition) is 6. The molecule has 1 aromatic heterocycles. The van der Waals surface area contributed by atoms with Gasteiger partial charge in [0.05, 0.1) is 23.8 Å². The minimum Gasteiger partial charge on any atom is -0.465 e. The van der Waals surface area contributed by atoms with Crippen LogP contribution in [0.1, 0.15) is 11.3 Å². The number of aliphatic hydroxyl groups excluding tert-OH is 1. The fraction of sp³-hybridized carbons (Fsp3) is 0.211. The van der Waals surface area contributed by atoms with Gasteiger partial charge < -0.3 is 14.8 Å². The lowest BCUT2D eigenvalue weighted by Crippen LogP contribution is -2.45. The van der Waals surface area contributed by atoms with Gasteiger partial charge in [0.25, 0.3) is 11.1 Å². The third-order valence-corrected chi connectivity index (χ3v) is 4.81. The Balaban J connectivity index is 1.59. The molecule has 7 nitrogen and oxygen atoms in total. The molecule has 1 aromatic carbocycles. The molecule has 2 aromatic rings.